The molecule has 1 aromatic rings. The first-order valence-corrected chi connectivity index (χ1v) is 7.67. The molecule has 6 heteroatoms. The van der Waals surface area contributed by atoms with Gasteiger partial charge in [0.05, 0.1) is 0 Å². The Kier molecular flexibility index (Phi) is 5.61. The van der Waals surface area contributed by atoms with Crippen molar-refractivity contribution in [1.29, 1.82) is 0 Å². The Labute approximate surface area is 132 Å². The second-order valence-electron chi connectivity index (χ2n) is 5.10. The van der Waals surface area contributed by atoms with Gasteiger partial charge in [-0.25, -0.2) is 4.79 Å². The van der Waals surface area contributed by atoms with Crippen LogP contribution >= 0.6 is 15.9 Å². The molecule has 1 atom stereocenters. The molecule has 1 N–H and O–H groups in total. The molecule has 2 rings (SSSR count). The lowest BCUT2D eigenvalue weighted by Crippen LogP contribution is -2.37. The molecule has 0 aromatic heterocycles. The van der Waals surface area contributed by atoms with Gasteiger partial charge in [-0.2, -0.15) is 0 Å². The molecule has 0 heterocycles. The van der Waals surface area contributed by atoms with Crippen molar-refractivity contribution in [3.63, 3.8) is 0 Å². The number of esters is 1. The third kappa shape index (κ3) is 5.75. The lowest BCUT2D eigenvalue weighted by molar-refractivity contribution is -0.150. The predicted molar refractivity (Wildman–Crippen MR) is 80.9 cm³/mol. The second-order valence-corrected chi connectivity index (χ2v) is 6.01. The van der Waals surface area contributed by atoms with Crippen molar-refractivity contribution >= 4 is 27.8 Å². The summed E-state index contributed by atoms with van der Waals surface area (Å²) in [6.45, 7) is 1.49. The summed E-state index contributed by atoms with van der Waals surface area (Å²) in [5.74, 6) is 0.311. The largest absolute Gasteiger partial charge is 0.482 e. The highest BCUT2D eigenvalue weighted by molar-refractivity contribution is 9.10. The van der Waals surface area contributed by atoms with Gasteiger partial charge in [0.2, 0.25) is 0 Å². The van der Waals surface area contributed by atoms with Crippen molar-refractivity contribution in [1.82, 2.24) is 5.32 Å². The number of halogens is 1. The van der Waals surface area contributed by atoms with Gasteiger partial charge in [0, 0.05) is 10.5 Å². The van der Waals surface area contributed by atoms with Crippen LogP contribution in [0.25, 0.3) is 0 Å². The van der Waals surface area contributed by atoms with Crippen molar-refractivity contribution in [2.24, 2.45) is 5.92 Å². The van der Waals surface area contributed by atoms with E-state index in [2.05, 4.69) is 21.2 Å². The van der Waals surface area contributed by atoms with Gasteiger partial charge in [-0.05, 0) is 49.9 Å². The zero-order valence-corrected chi connectivity index (χ0v) is 13.4. The number of rotatable bonds is 7. The summed E-state index contributed by atoms with van der Waals surface area (Å²) in [7, 11) is 0. The van der Waals surface area contributed by atoms with Crippen LogP contribution in [0.15, 0.2) is 28.7 Å². The Morgan fingerprint density at radius 1 is 1.29 bits per heavy atom. The van der Waals surface area contributed by atoms with Crippen LogP contribution in [0.5, 0.6) is 5.75 Å². The summed E-state index contributed by atoms with van der Waals surface area (Å²) in [4.78, 5) is 23.1. The van der Waals surface area contributed by atoms with Gasteiger partial charge in [-0.1, -0.05) is 15.9 Å². The molecule has 0 saturated heterocycles. The lowest BCUT2D eigenvalue weighted by atomic mass is 10.2. The topological polar surface area (TPSA) is 64.6 Å². The minimum Gasteiger partial charge on any atom is -0.482 e. The average molecular weight is 356 g/mol. The van der Waals surface area contributed by atoms with E-state index in [0.29, 0.717) is 11.7 Å². The van der Waals surface area contributed by atoms with Gasteiger partial charge >= 0.3 is 5.97 Å². The standard InChI is InChI=1S/C15H18BrNO4/c1-10(11-2-3-11)17-14(18)8-21-15(19)9-20-13-6-4-12(16)5-7-13/h4-7,10-11H,2-3,8-9H2,1H3,(H,17,18)/t10-/m1/s1. The fourth-order valence-corrected chi connectivity index (χ4v) is 2.13. The maximum Gasteiger partial charge on any atom is 0.344 e. The van der Waals surface area contributed by atoms with Crippen LogP contribution in [0.1, 0.15) is 19.8 Å². The second kappa shape index (κ2) is 7.45. The number of carbonyl (C=O) groups excluding carboxylic acids is 2. The van der Waals surface area contributed by atoms with E-state index < -0.39 is 5.97 Å². The molecule has 1 saturated carbocycles. The molecule has 0 unspecified atom stereocenters. The Bertz CT molecular complexity index is 499. The van der Waals surface area contributed by atoms with Crippen LogP contribution in [0, 0.1) is 5.92 Å². The third-order valence-electron chi connectivity index (χ3n) is 3.25. The van der Waals surface area contributed by atoms with Crippen molar-refractivity contribution in [3.8, 4) is 5.75 Å². The minimum absolute atomic E-state index is 0.148. The maximum atomic E-state index is 11.6. The summed E-state index contributed by atoms with van der Waals surface area (Å²) in [5, 5.41) is 2.82. The van der Waals surface area contributed by atoms with E-state index in [1.165, 1.54) is 0 Å². The van der Waals surface area contributed by atoms with E-state index in [0.717, 1.165) is 17.3 Å². The number of hydrogen-bond acceptors (Lipinski definition) is 4. The lowest BCUT2D eigenvalue weighted by Gasteiger charge is -2.12. The molecule has 0 spiro atoms. The smallest absolute Gasteiger partial charge is 0.344 e. The van der Waals surface area contributed by atoms with Crippen molar-refractivity contribution in [2.75, 3.05) is 13.2 Å². The highest BCUT2D eigenvalue weighted by Gasteiger charge is 2.28. The molecular formula is C15H18BrNO4. The van der Waals surface area contributed by atoms with Crippen LogP contribution in [0.3, 0.4) is 0 Å². The van der Waals surface area contributed by atoms with Crippen LogP contribution in [-0.2, 0) is 14.3 Å². The predicted octanol–water partition coefficient (Wildman–Crippen LogP) is 2.29. The molecule has 1 amide bonds. The highest BCUT2D eigenvalue weighted by atomic mass is 79.9. The summed E-state index contributed by atoms with van der Waals surface area (Å²) in [6.07, 6.45) is 2.31. The number of amides is 1. The minimum atomic E-state index is -0.563. The molecule has 1 aliphatic carbocycles. The SMILES string of the molecule is C[C@@H](NC(=O)COC(=O)COc1ccc(Br)cc1)C1CC1. The normalized spacial score (nSPS) is 15.1. The van der Waals surface area contributed by atoms with Gasteiger partial charge in [-0.3, -0.25) is 4.79 Å². The molecule has 5 nitrogen and oxygen atoms in total. The molecule has 0 aliphatic heterocycles. The first-order valence-electron chi connectivity index (χ1n) is 6.88. The fourth-order valence-electron chi connectivity index (χ4n) is 1.87. The zero-order valence-electron chi connectivity index (χ0n) is 11.8. The summed E-state index contributed by atoms with van der Waals surface area (Å²) in [5.41, 5.74) is 0. The molecule has 0 bridgehead atoms. The molecule has 1 aromatic carbocycles. The summed E-state index contributed by atoms with van der Waals surface area (Å²) >= 11 is 3.31. The average Bonchev–Trinajstić information content (AvgIpc) is 3.29. The molecule has 0 radical (unpaired) electrons. The van der Waals surface area contributed by atoms with Gasteiger partial charge in [0.15, 0.2) is 13.2 Å². The van der Waals surface area contributed by atoms with Crippen LogP contribution in [0.2, 0.25) is 0 Å². The first kappa shape index (κ1) is 15.8. The number of ether oxygens (including phenoxy) is 2. The molecular weight excluding hydrogens is 338 g/mol. The van der Waals surface area contributed by atoms with Crippen molar-refractivity contribution in [3.05, 3.63) is 28.7 Å². The number of nitrogens with one attached hydrogen (secondary N) is 1. The van der Waals surface area contributed by atoms with Crippen molar-refractivity contribution < 1.29 is 19.1 Å². The summed E-state index contributed by atoms with van der Waals surface area (Å²) in [6, 6.07) is 7.25. The molecule has 21 heavy (non-hydrogen) atoms. The quantitative estimate of drug-likeness (QED) is 0.762. The van der Waals surface area contributed by atoms with E-state index in [4.69, 9.17) is 9.47 Å². The Morgan fingerprint density at radius 3 is 2.57 bits per heavy atom. The maximum absolute atomic E-state index is 11.6. The number of hydrogen-bond donors (Lipinski definition) is 1. The summed E-state index contributed by atoms with van der Waals surface area (Å²) < 4.78 is 11.1. The molecule has 114 valence electrons. The van der Waals surface area contributed by atoms with Crippen LogP contribution in [0.4, 0.5) is 0 Å². The highest BCUT2D eigenvalue weighted by Crippen LogP contribution is 2.32. The van der Waals surface area contributed by atoms with Gasteiger partial charge in [0.25, 0.3) is 5.91 Å². The van der Waals surface area contributed by atoms with Gasteiger partial charge in [0.1, 0.15) is 5.75 Å². The van der Waals surface area contributed by atoms with E-state index in [-0.39, 0.29) is 25.2 Å². The van der Waals surface area contributed by atoms with Crippen molar-refractivity contribution in [2.45, 2.75) is 25.8 Å². The van der Waals surface area contributed by atoms with Crippen LogP contribution < -0.4 is 10.1 Å². The number of carbonyl (C=O) groups is 2. The monoisotopic (exact) mass is 355 g/mol. The zero-order chi connectivity index (χ0) is 15.2. The van der Waals surface area contributed by atoms with E-state index >= 15 is 0 Å². The Balaban J connectivity index is 1.62. The third-order valence-corrected chi connectivity index (χ3v) is 3.78. The first-order chi connectivity index (χ1) is 10.0. The fraction of sp³-hybridized carbons (Fsp3) is 0.467. The van der Waals surface area contributed by atoms with Crippen LogP contribution in [-0.4, -0.2) is 31.1 Å². The Hall–Kier alpha value is -1.56. The van der Waals surface area contributed by atoms with E-state index in [1.54, 1.807) is 12.1 Å². The van der Waals surface area contributed by atoms with E-state index in [1.807, 2.05) is 19.1 Å². The molecule has 1 aliphatic rings. The van der Waals surface area contributed by atoms with Gasteiger partial charge in [-0.15, -0.1) is 0 Å². The van der Waals surface area contributed by atoms with E-state index in [9.17, 15) is 9.59 Å². The Morgan fingerprint density at radius 2 is 1.95 bits per heavy atom. The number of benzene rings is 1. The molecule has 1 fully saturated rings. The van der Waals surface area contributed by atoms with Gasteiger partial charge < -0.3 is 14.8 Å².